The molecule has 3 aromatic rings. The number of nitrogens with zero attached hydrogens (tertiary/aromatic N) is 5. The number of benzene rings is 2. The molecule has 0 fully saturated rings. The van der Waals surface area contributed by atoms with E-state index in [-0.39, 0.29) is 18.2 Å². The van der Waals surface area contributed by atoms with Crippen LogP contribution in [0.25, 0.3) is 5.57 Å². The van der Waals surface area contributed by atoms with Gasteiger partial charge in [-0.2, -0.15) is 0 Å². The summed E-state index contributed by atoms with van der Waals surface area (Å²) in [6, 6.07) is 9.43. The average Bonchev–Trinajstić information content (AvgIpc) is 3.02. The maximum atomic E-state index is 12.2. The van der Waals surface area contributed by atoms with Crippen LogP contribution in [0.1, 0.15) is 47.7 Å². The van der Waals surface area contributed by atoms with Crippen molar-refractivity contribution in [1.29, 1.82) is 0 Å². The molecule has 0 atom stereocenters. The highest BCUT2D eigenvalue weighted by atomic mass is 16.6. The number of aromatic nitrogens is 2. The molecule has 238 valence electrons. The van der Waals surface area contributed by atoms with Gasteiger partial charge in [0.15, 0.2) is 0 Å². The molecule has 3 rings (SSSR count). The number of aryl methyl sites for hydroxylation is 1. The fourth-order valence-electron chi connectivity index (χ4n) is 4.91. The monoisotopic (exact) mass is 612 g/mol. The van der Waals surface area contributed by atoms with Crippen LogP contribution in [-0.2, 0) is 11.2 Å². The van der Waals surface area contributed by atoms with Crippen molar-refractivity contribution in [2.75, 3.05) is 65.3 Å². The molecule has 0 amide bonds. The van der Waals surface area contributed by atoms with Gasteiger partial charge < -0.3 is 24.6 Å². The molecule has 0 bridgehead atoms. The van der Waals surface area contributed by atoms with Crippen molar-refractivity contribution < 1.29 is 14.4 Å². The number of anilines is 3. The van der Waals surface area contributed by atoms with Crippen LogP contribution >= 0.6 is 0 Å². The molecule has 10 heteroatoms. The lowest BCUT2D eigenvalue weighted by molar-refractivity contribution is -0.384. The number of methoxy groups -OCH3 is 2. The molecule has 0 aliphatic heterocycles. The number of hydrogen-bond donors (Lipinski definition) is 1. The molecule has 0 unspecified atom stereocenters. The number of nitro groups is 1. The normalized spacial score (nSPS) is 11.2. The summed E-state index contributed by atoms with van der Waals surface area (Å²) in [6.45, 7) is 9.54. The van der Waals surface area contributed by atoms with E-state index in [1.54, 1.807) is 19.4 Å². The quantitative estimate of drug-likeness (QED) is 0.0686. The van der Waals surface area contributed by atoms with E-state index in [9.17, 15) is 10.1 Å². The maximum Gasteiger partial charge on any atom is 0.294 e. The Balaban J connectivity index is 2.11. The van der Waals surface area contributed by atoms with Gasteiger partial charge in [0, 0.05) is 51.1 Å². The van der Waals surface area contributed by atoms with Crippen LogP contribution in [0.3, 0.4) is 0 Å². The van der Waals surface area contributed by atoms with E-state index in [2.05, 4.69) is 53.8 Å². The average molecular weight is 613 g/mol. The fourth-order valence-corrected chi connectivity index (χ4v) is 4.91. The maximum absolute atomic E-state index is 12.2. The molecular formula is C35H44N6O4. The van der Waals surface area contributed by atoms with Crippen LogP contribution < -0.4 is 15.0 Å². The molecule has 0 aliphatic carbocycles. The number of hydrogen-bond acceptors (Lipinski definition) is 9. The number of nitrogens with one attached hydrogen (secondary N) is 1. The Hall–Kier alpha value is -4.72. The van der Waals surface area contributed by atoms with Crippen LogP contribution in [0.15, 0.2) is 55.3 Å². The van der Waals surface area contributed by atoms with Crippen molar-refractivity contribution >= 4 is 28.6 Å². The Bertz CT molecular complexity index is 1590. The Morgan fingerprint density at radius 3 is 2.62 bits per heavy atom. The summed E-state index contributed by atoms with van der Waals surface area (Å²) in [5.74, 6) is 6.84. The van der Waals surface area contributed by atoms with Crippen molar-refractivity contribution in [3.8, 4) is 17.6 Å². The first kappa shape index (κ1) is 34.8. The second-order valence-electron chi connectivity index (χ2n) is 10.8. The number of likely N-dealkylation sites (N-methyl/N-ethyl adjacent to an activating group) is 2. The molecule has 2 aromatic carbocycles. The molecule has 0 saturated heterocycles. The summed E-state index contributed by atoms with van der Waals surface area (Å²) in [6.07, 6.45) is 8.54. The van der Waals surface area contributed by atoms with E-state index in [0.717, 1.165) is 36.9 Å². The van der Waals surface area contributed by atoms with Crippen molar-refractivity contribution in [1.82, 2.24) is 14.9 Å². The zero-order valence-corrected chi connectivity index (χ0v) is 27.4. The van der Waals surface area contributed by atoms with Crippen LogP contribution in [0.4, 0.5) is 23.0 Å². The molecule has 1 aromatic heterocycles. The van der Waals surface area contributed by atoms with Crippen molar-refractivity contribution in [3.63, 3.8) is 0 Å². The highest BCUT2D eigenvalue weighted by Gasteiger charge is 2.23. The number of allylic oxidation sites excluding steroid dienone is 2. The summed E-state index contributed by atoms with van der Waals surface area (Å²) in [4.78, 5) is 25.1. The molecule has 0 radical (unpaired) electrons. The van der Waals surface area contributed by atoms with E-state index in [1.807, 2.05) is 50.0 Å². The van der Waals surface area contributed by atoms with Gasteiger partial charge >= 0.3 is 0 Å². The third kappa shape index (κ3) is 9.14. The molecule has 0 aliphatic rings. The number of ether oxygens (including phenoxy) is 2. The summed E-state index contributed by atoms with van der Waals surface area (Å²) in [5, 5.41) is 15.3. The Labute approximate surface area is 266 Å². The lowest BCUT2D eigenvalue weighted by Gasteiger charge is -2.23. The topological polar surface area (TPSA) is 106 Å². The minimum absolute atomic E-state index is 0.0557. The standard InChI is InChI=1S/C35H44N6O4/c1-9-11-12-15-26-16-13-18-29(25(26)3)28(10-2)34-27(17-14-21-44-7)24-36-35(38-34)37-30-22-32(41(42)43)31(23-33(30)45-8)40(6)20-19-39(4)5/h9-10,13,16,18,22-24H,1,11-12,15,19-21H2,2-8H3,(H,36,37,38)/b28-10+. The fraction of sp³-hybridized carbons (Fsp3) is 0.371. The van der Waals surface area contributed by atoms with Gasteiger partial charge in [0.2, 0.25) is 5.95 Å². The SMILES string of the molecule is C=CCCCc1cccc(/C(=C\C)c2nc(Nc3cc([N+](=O)[O-])c(N(C)CCN(C)C)cc3OC)ncc2C#CCOC)c1C. The van der Waals surface area contributed by atoms with Gasteiger partial charge in [-0.25, -0.2) is 9.97 Å². The number of nitro benzene ring substituents is 1. The van der Waals surface area contributed by atoms with E-state index in [1.165, 1.54) is 24.3 Å². The highest BCUT2D eigenvalue weighted by Crippen LogP contribution is 2.39. The zero-order valence-electron chi connectivity index (χ0n) is 27.4. The smallest absolute Gasteiger partial charge is 0.294 e. The van der Waals surface area contributed by atoms with Crippen LogP contribution in [0, 0.1) is 28.9 Å². The highest BCUT2D eigenvalue weighted by molar-refractivity contribution is 5.83. The van der Waals surface area contributed by atoms with Gasteiger partial charge in [0.1, 0.15) is 18.0 Å². The van der Waals surface area contributed by atoms with Gasteiger partial charge in [0.25, 0.3) is 5.69 Å². The first-order chi connectivity index (χ1) is 21.6. The van der Waals surface area contributed by atoms with Gasteiger partial charge in [0.05, 0.1) is 29.0 Å². The first-order valence-electron chi connectivity index (χ1n) is 14.9. The third-order valence-corrected chi connectivity index (χ3v) is 7.40. The zero-order chi connectivity index (χ0) is 32.9. The van der Waals surface area contributed by atoms with Crippen LogP contribution in [0.2, 0.25) is 0 Å². The van der Waals surface area contributed by atoms with Crippen LogP contribution in [-0.4, -0.2) is 74.9 Å². The van der Waals surface area contributed by atoms with E-state index >= 15 is 0 Å². The summed E-state index contributed by atoms with van der Waals surface area (Å²) in [7, 11) is 8.86. The van der Waals surface area contributed by atoms with Gasteiger partial charge in [-0.3, -0.25) is 10.1 Å². The molecular weight excluding hydrogens is 568 g/mol. The minimum Gasteiger partial charge on any atom is -0.494 e. The van der Waals surface area contributed by atoms with Gasteiger partial charge in [-0.15, -0.1) is 6.58 Å². The Morgan fingerprint density at radius 1 is 1.20 bits per heavy atom. The first-order valence-corrected chi connectivity index (χ1v) is 14.9. The van der Waals surface area contributed by atoms with Gasteiger partial charge in [-0.05, 0) is 63.9 Å². The summed E-state index contributed by atoms with van der Waals surface area (Å²) < 4.78 is 10.8. The van der Waals surface area contributed by atoms with Crippen molar-refractivity contribution in [2.45, 2.75) is 33.1 Å². The summed E-state index contributed by atoms with van der Waals surface area (Å²) >= 11 is 0. The van der Waals surface area contributed by atoms with Crippen LogP contribution in [0.5, 0.6) is 5.75 Å². The lowest BCUT2D eigenvalue weighted by Crippen LogP contribution is -2.29. The Kier molecular flexibility index (Phi) is 13.1. The van der Waals surface area contributed by atoms with E-state index in [4.69, 9.17) is 14.5 Å². The van der Waals surface area contributed by atoms with E-state index in [0.29, 0.717) is 34.9 Å². The second kappa shape index (κ2) is 16.9. The van der Waals surface area contributed by atoms with Crippen molar-refractivity contribution in [3.05, 3.63) is 93.3 Å². The number of rotatable bonds is 15. The molecule has 1 heterocycles. The third-order valence-electron chi connectivity index (χ3n) is 7.40. The predicted octanol–water partition coefficient (Wildman–Crippen LogP) is 6.40. The lowest BCUT2D eigenvalue weighted by atomic mass is 9.91. The number of unbranched alkanes of at least 4 members (excludes halogenated alkanes) is 1. The second-order valence-corrected chi connectivity index (χ2v) is 10.8. The molecule has 1 N–H and O–H groups in total. The molecule has 10 nitrogen and oxygen atoms in total. The molecule has 45 heavy (non-hydrogen) atoms. The minimum atomic E-state index is -0.393. The largest absolute Gasteiger partial charge is 0.494 e. The summed E-state index contributed by atoms with van der Waals surface area (Å²) in [5.41, 5.74) is 6.43. The van der Waals surface area contributed by atoms with Crippen molar-refractivity contribution in [2.24, 2.45) is 0 Å². The van der Waals surface area contributed by atoms with Gasteiger partial charge in [-0.1, -0.05) is 42.2 Å². The predicted molar refractivity (Wildman–Crippen MR) is 183 cm³/mol. The van der Waals surface area contributed by atoms with E-state index < -0.39 is 4.92 Å². The Morgan fingerprint density at radius 2 is 1.98 bits per heavy atom. The molecule has 0 spiro atoms. The molecule has 0 saturated carbocycles.